The lowest BCUT2D eigenvalue weighted by atomic mass is 9.77. The number of fused-ring (bicyclic) bond motifs is 1. The number of anilines is 3. The van der Waals surface area contributed by atoms with E-state index in [1.54, 1.807) is 0 Å². The topological polar surface area (TPSA) is 41.9 Å². The molecule has 0 amide bonds. The summed E-state index contributed by atoms with van der Waals surface area (Å²) in [4.78, 5) is 18.4. The van der Waals surface area contributed by atoms with Crippen molar-refractivity contribution >= 4 is 28.1 Å². The number of hydrogen-bond donors (Lipinski definition) is 0. The highest BCUT2D eigenvalue weighted by atomic mass is 15.3. The normalized spacial score (nSPS) is 11.3. The van der Waals surface area contributed by atoms with E-state index in [2.05, 4.69) is 253 Å². The van der Waals surface area contributed by atoms with Gasteiger partial charge in [-0.05, 0) is 144 Å². The molecule has 4 heteroatoms. The lowest BCUT2D eigenvalue weighted by molar-refractivity contribution is 0.919. The molecule has 0 spiro atoms. The standard InChI is InChI=1S/C68H56N4/c1-44-40-46(3)62(47(4)41-44)65(63-48(5)42-45(2)43-49(63)6)54-34-38-57(39-35-54)72(56-36-32-52(33-37-56)59-29-17-16-28-58(59)50-20-10-7-11-21-50)68-70-66(55-24-14-9-15-25-55)69-67(71-68)61-31-19-27-53-26-18-30-60(64(53)61)51-22-12-8-13-23-51/h7-43,65H,1-6H3. The Morgan fingerprint density at radius 2 is 0.736 bits per heavy atom. The van der Waals surface area contributed by atoms with Gasteiger partial charge in [-0.15, -0.1) is 0 Å². The van der Waals surface area contributed by atoms with Gasteiger partial charge in [0, 0.05) is 33.8 Å². The van der Waals surface area contributed by atoms with Gasteiger partial charge < -0.3 is 0 Å². The molecule has 0 saturated carbocycles. The van der Waals surface area contributed by atoms with Crippen LogP contribution >= 0.6 is 0 Å². The molecule has 11 aromatic rings. The van der Waals surface area contributed by atoms with Gasteiger partial charge in [0.15, 0.2) is 11.6 Å². The maximum Gasteiger partial charge on any atom is 0.238 e. The molecule has 0 aliphatic rings. The second-order valence-electron chi connectivity index (χ2n) is 19.2. The number of hydrogen-bond acceptors (Lipinski definition) is 4. The van der Waals surface area contributed by atoms with E-state index >= 15 is 0 Å². The SMILES string of the molecule is Cc1cc(C)c(C(c2ccc(N(c3ccc(-c4ccccc4-c4ccccc4)cc3)c3nc(-c4ccccc4)nc(-c4cccc5cccc(-c6ccccc6)c45)n3)cc2)c2c(C)cc(C)cc2C)c(C)c1. The lowest BCUT2D eigenvalue weighted by Gasteiger charge is -2.28. The molecule has 0 unspecified atom stereocenters. The van der Waals surface area contributed by atoms with Crippen LogP contribution in [-0.4, -0.2) is 15.0 Å². The first-order valence-electron chi connectivity index (χ1n) is 24.9. The minimum absolute atomic E-state index is 0.0244. The fraction of sp³-hybridized carbons (Fsp3) is 0.103. The zero-order valence-corrected chi connectivity index (χ0v) is 41.7. The van der Waals surface area contributed by atoms with Crippen LogP contribution in [0, 0.1) is 41.5 Å². The molecule has 348 valence electrons. The molecule has 0 saturated heterocycles. The zero-order valence-electron chi connectivity index (χ0n) is 41.7. The molecule has 1 heterocycles. The number of aromatic nitrogens is 3. The van der Waals surface area contributed by atoms with E-state index < -0.39 is 0 Å². The van der Waals surface area contributed by atoms with Crippen LogP contribution in [0.2, 0.25) is 0 Å². The van der Waals surface area contributed by atoms with E-state index in [-0.39, 0.29) is 5.92 Å². The maximum absolute atomic E-state index is 5.52. The summed E-state index contributed by atoms with van der Waals surface area (Å²) in [5.41, 5.74) is 22.3. The van der Waals surface area contributed by atoms with Gasteiger partial charge in [0.05, 0.1) is 0 Å². The van der Waals surface area contributed by atoms with Gasteiger partial charge in [0.25, 0.3) is 0 Å². The molecule has 0 aliphatic carbocycles. The highest BCUT2D eigenvalue weighted by molar-refractivity contribution is 6.05. The summed E-state index contributed by atoms with van der Waals surface area (Å²) in [6.07, 6.45) is 0. The first kappa shape index (κ1) is 45.7. The van der Waals surface area contributed by atoms with E-state index in [1.165, 1.54) is 66.8 Å². The minimum atomic E-state index is 0.0244. The molecule has 0 radical (unpaired) electrons. The Morgan fingerprint density at radius 3 is 1.25 bits per heavy atom. The van der Waals surface area contributed by atoms with Gasteiger partial charge in [0.1, 0.15) is 0 Å². The Labute approximate surface area is 424 Å². The smallest absolute Gasteiger partial charge is 0.238 e. The van der Waals surface area contributed by atoms with Gasteiger partial charge in [-0.25, -0.2) is 4.98 Å². The largest absolute Gasteiger partial charge is 0.279 e. The summed E-state index contributed by atoms with van der Waals surface area (Å²) in [7, 11) is 0. The second-order valence-corrected chi connectivity index (χ2v) is 19.2. The van der Waals surface area contributed by atoms with Crippen LogP contribution in [0.4, 0.5) is 17.3 Å². The van der Waals surface area contributed by atoms with E-state index in [9.17, 15) is 0 Å². The maximum atomic E-state index is 5.52. The van der Waals surface area contributed by atoms with Crippen molar-refractivity contribution < 1.29 is 0 Å². The van der Waals surface area contributed by atoms with Crippen LogP contribution in [0.5, 0.6) is 0 Å². The Bertz CT molecular complexity index is 3620. The third kappa shape index (κ3) is 8.88. The van der Waals surface area contributed by atoms with Crippen molar-refractivity contribution in [2.75, 3.05) is 4.90 Å². The van der Waals surface area contributed by atoms with Crippen molar-refractivity contribution in [2.24, 2.45) is 0 Å². The summed E-state index contributed by atoms with van der Waals surface area (Å²) in [6.45, 7) is 13.4. The first-order chi connectivity index (χ1) is 35.2. The summed E-state index contributed by atoms with van der Waals surface area (Å²) < 4.78 is 0. The first-order valence-corrected chi connectivity index (χ1v) is 24.9. The van der Waals surface area contributed by atoms with Gasteiger partial charge in [0.2, 0.25) is 5.95 Å². The monoisotopic (exact) mass is 928 g/mol. The molecule has 0 atom stereocenters. The summed E-state index contributed by atoms with van der Waals surface area (Å²) in [6, 6.07) is 80.2. The third-order valence-corrected chi connectivity index (χ3v) is 14.1. The fourth-order valence-electron chi connectivity index (χ4n) is 11.0. The summed E-state index contributed by atoms with van der Waals surface area (Å²) >= 11 is 0. The molecule has 0 aliphatic heterocycles. The van der Waals surface area contributed by atoms with Crippen LogP contribution in [0.1, 0.15) is 56.0 Å². The van der Waals surface area contributed by atoms with Crippen molar-refractivity contribution in [3.63, 3.8) is 0 Å². The Hall–Kier alpha value is -8.73. The highest BCUT2D eigenvalue weighted by Crippen LogP contribution is 2.44. The van der Waals surface area contributed by atoms with E-state index in [0.717, 1.165) is 50.0 Å². The number of aryl methyl sites for hydroxylation is 6. The lowest BCUT2D eigenvalue weighted by Crippen LogP contribution is -2.16. The number of nitrogens with zero attached hydrogens (tertiary/aromatic N) is 4. The molecule has 1 aromatic heterocycles. The van der Waals surface area contributed by atoms with Crippen molar-refractivity contribution in [3.8, 4) is 56.2 Å². The molecule has 11 rings (SSSR count). The van der Waals surface area contributed by atoms with Crippen LogP contribution < -0.4 is 4.90 Å². The van der Waals surface area contributed by atoms with Crippen LogP contribution in [0.25, 0.3) is 66.9 Å². The van der Waals surface area contributed by atoms with Crippen molar-refractivity contribution in [1.29, 1.82) is 0 Å². The van der Waals surface area contributed by atoms with Crippen molar-refractivity contribution in [3.05, 3.63) is 275 Å². The molecule has 0 N–H and O–H groups in total. The molecular formula is C68H56N4. The van der Waals surface area contributed by atoms with Crippen LogP contribution in [0.3, 0.4) is 0 Å². The number of benzene rings is 10. The average Bonchev–Trinajstić information content (AvgIpc) is 3.41. The second kappa shape index (κ2) is 19.6. The molecule has 0 fully saturated rings. The van der Waals surface area contributed by atoms with Gasteiger partial charge in [-0.2, -0.15) is 9.97 Å². The fourth-order valence-corrected chi connectivity index (χ4v) is 11.0. The summed E-state index contributed by atoms with van der Waals surface area (Å²) in [5, 5.41) is 2.21. The highest BCUT2D eigenvalue weighted by Gasteiger charge is 2.27. The van der Waals surface area contributed by atoms with Gasteiger partial charge in [-0.3, -0.25) is 4.90 Å². The molecule has 72 heavy (non-hydrogen) atoms. The molecular weight excluding hydrogens is 873 g/mol. The third-order valence-electron chi connectivity index (χ3n) is 14.1. The predicted molar refractivity (Wildman–Crippen MR) is 301 cm³/mol. The quantitative estimate of drug-likeness (QED) is 0.121. The Balaban J connectivity index is 1.12. The minimum Gasteiger partial charge on any atom is -0.279 e. The Kier molecular flexibility index (Phi) is 12.4. The van der Waals surface area contributed by atoms with E-state index in [4.69, 9.17) is 15.0 Å². The Morgan fingerprint density at radius 1 is 0.333 bits per heavy atom. The summed E-state index contributed by atoms with van der Waals surface area (Å²) in [5.74, 6) is 1.73. The average molecular weight is 929 g/mol. The predicted octanol–water partition coefficient (Wildman–Crippen LogP) is 17.9. The molecule has 0 bridgehead atoms. The molecule has 4 nitrogen and oxygen atoms in total. The van der Waals surface area contributed by atoms with Crippen molar-refractivity contribution in [1.82, 2.24) is 15.0 Å². The van der Waals surface area contributed by atoms with Crippen molar-refractivity contribution in [2.45, 2.75) is 47.5 Å². The zero-order chi connectivity index (χ0) is 49.3. The van der Waals surface area contributed by atoms with E-state index in [0.29, 0.717) is 17.6 Å². The molecule has 10 aromatic carbocycles. The van der Waals surface area contributed by atoms with Crippen LogP contribution in [0.15, 0.2) is 224 Å². The van der Waals surface area contributed by atoms with Gasteiger partial charge >= 0.3 is 0 Å². The van der Waals surface area contributed by atoms with Gasteiger partial charge in [-0.1, -0.05) is 211 Å². The van der Waals surface area contributed by atoms with Crippen LogP contribution in [-0.2, 0) is 0 Å². The number of rotatable bonds is 11. The van der Waals surface area contributed by atoms with E-state index in [1.807, 2.05) is 18.2 Å².